The minimum Gasteiger partial charge on any atom is -0.348 e. The number of hydrogen-bond donors (Lipinski definition) is 2. The summed E-state index contributed by atoms with van der Waals surface area (Å²) in [5.74, 6) is -0.369. The van der Waals surface area contributed by atoms with Gasteiger partial charge in [-0.25, -0.2) is 8.42 Å². The first-order chi connectivity index (χ1) is 17.2. The average molecular weight is 526 g/mol. The van der Waals surface area contributed by atoms with Gasteiger partial charge in [-0.3, -0.25) is 14.4 Å². The molecule has 8 heteroatoms. The molecule has 36 heavy (non-hydrogen) atoms. The summed E-state index contributed by atoms with van der Waals surface area (Å²) in [6.07, 6.45) is 3.85. The first-order valence-electron chi connectivity index (χ1n) is 12.2. The van der Waals surface area contributed by atoms with Gasteiger partial charge in [-0.2, -0.15) is 0 Å². The molecule has 0 aliphatic carbocycles. The van der Waals surface area contributed by atoms with Crippen LogP contribution < -0.4 is 10.0 Å². The molecule has 0 radical (unpaired) electrons. The summed E-state index contributed by atoms with van der Waals surface area (Å²) in [5.41, 5.74) is 4.93. The van der Waals surface area contributed by atoms with Gasteiger partial charge in [-0.1, -0.05) is 48.4 Å². The highest BCUT2D eigenvalue weighted by Crippen LogP contribution is 2.26. The number of halogens is 1. The van der Waals surface area contributed by atoms with E-state index in [0.29, 0.717) is 12.2 Å². The lowest BCUT2D eigenvalue weighted by Crippen LogP contribution is -2.29. The van der Waals surface area contributed by atoms with E-state index < -0.39 is 10.0 Å². The lowest BCUT2D eigenvalue weighted by molar-refractivity contribution is 0.0950. The first kappa shape index (κ1) is 26.2. The smallest absolute Gasteiger partial charge is 0.263 e. The number of nitrogens with one attached hydrogen (secondary N) is 2. The minimum atomic E-state index is -3.98. The number of carbonyl (C=O) groups is 1. The largest absolute Gasteiger partial charge is 0.348 e. The molecule has 6 nitrogen and oxygen atoms in total. The van der Waals surface area contributed by atoms with Crippen LogP contribution in [0.1, 0.15) is 51.9 Å². The molecule has 4 rings (SSSR count). The van der Waals surface area contributed by atoms with E-state index in [1.54, 1.807) is 12.1 Å². The van der Waals surface area contributed by atoms with Crippen molar-refractivity contribution in [2.45, 2.75) is 51.1 Å². The Kier molecular flexibility index (Phi) is 8.34. The number of nitrogens with zero attached hydrogens (tertiary/aromatic N) is 1. The molecule has 2 N–H and O–H groups in total. The highest BCUT2D eigenvalue weighted by Gasteiger charge is 2.21. The first-order valence-corrected chi connectivity index (χ1v) is 14.1. The standard InChI is InChI=1S/C28H32ClN3O3S/c1-20-6-12-25(16-21(20)2)31-36(34,35)27-17-24(11-13-26(27)29)28(33)30-18-22-7-9-23(10-8-22)19-32-14-4-3-5-15-32/h6-13,16-17,31H,3-5,14-15,18-19H2,1-2H3,(H,30,33). The fraction of sp³-hybridized carbons (Fsp3) is 0.321. The Morgan fingerprint density at radius 1 is 0.889 bits per heavy atom. The van der Waals surface area contributed by atoms with Gasteiger partial charge >= 0.3 is 0 Å². The van der Waals surface area contributed by atoms with Crippen LogP contribution in [-0.4, -0.2) is 32.3 Å². The summed E-state index contributed by atoms with van der Waals surface area (Å²) in [4.78, 5) is 15.1. The molecule has 1 aliphatic rings. The number of carbonyl (C=O) groups excluding carboxylic acids is 1. The highest BCUT2D eigenvalue weighted by atomic mass is 35.5. The Balaban J connectivity index is 1.40. The summed E-state index contributed by atoms with van der Waals surface area (Å²) in [5, 5.41) is 2.92. The number of likely N-dealkylation sites (tertiary alicyclic amines) is 1. The van der Waals surface area contributed by atoms with Crippen LogP contribution in [0.4, 0.5) is 5.69 Å². The summed E-state index contributed by atoms with van der Waals surface area (Å²) in [7, 11) is -3.98. The number of sulfonamides is 1. The molecule has 1 heterocycles. The van der Waals surface area contributed by atoms with Gasteiger partial charge in [0.1, 0.15) is 4.90 Å². The summed E-state index contributed by atoms with van der Waals surface area (Å²) in [6.45, 7) is 7.46. The maximum absolute atomic E-state index is 13.0. The molecule has 1 saturated heterocycles. The number of piperidine rings is 1. The van der Waals surface area contributed by atoms with Gasteiger partial charge in [0.2, 0.25) is 0 Å². The van der Waals surface area contributed by atoms with Gasteiger partial charge < -0.3 is 5.32 Å². The Labute approximate surface area is 218 Å². The van der Waals surface area contributed by atoms with E-state index in [1.807, 2.05) is 32.0 Å². The van der Waals surface area contributed by atoms with Crippen LogP contribution in [-0.2, 0) is 23.1 Å². The predicted molar refractivity (Wildman–Crippen MR) is 145 cm³/mol. The van der Waals surface area contributed by atoms with Crippen LogP contribution in [0.3, 0.4) is 0 Å². The van der Waals surface area contributed by atoms with E-state index in [-0.39, 0.29) is 21.4 Å². The van der Waals surface area contributed by atoms with Crippen molar-refractivity contribution in [2.75, 3.05) is 17.8 Å². The number of anilines is 1. The van der Waals surface area contributed by atoms with Crippen LogP contribution in [0.25, 0.3) is 0 Å². The highest BCUT2D eigenvalue weighted by molar-refractivity contribution is 7.92. The van der Waals surface area contributed by atoms with Crippen molar-refractivity contribution in [1.82, 2.24) is 10.2 Å². The molecule has 1 amide bonds. The second kappa shape index (κ2) is 11.5. The zero-order valence-electron chi connectivity index (χ0n) is 20.7. The van der Waals surface area contributed by atoms with Crippen molar-refractivity contribution in [3.63, 3.8) is 0 Å². The van der Waals surface area contributed by atoms with Crippen LogP contribution in [0, 0.1) is 13.8 Å². The fourth-order valence-electron chi connectivity index (χ4n) is 4.29. The van der Waals surface area contributed by atoms with Gasteiger partial charge in [0.15, 0.2) is 0 Å². The fourth-order valence-corrected chi connectivity index (χ4v) is 5.86. The molecular weight excluding hydrogens is 494 g/mol. The number of rotatable bonds is 8. The van der Waals surface area contributed by atoms with E-state index in [4.69, 9.17) is 11.6 Å². The molecule has 3 aromatic carbocycles. The minimum absolute atomic E-state index is 0.0483. The van der Waals surface area contributed by atoms with E-state index in [0.717, 1.165) is 36.3 Å². The van der Waals surface area contributed by atoms with Gasteiger partial charge in [0.25, 0.3) is 15.9 Å². The summed E-state index contributed by atoms with van der Waals surface area (Å²) < 4.78 is 28.6. The third-order valence-electron chi connectivity index (χ3n) is 6.57. The van der Waals surface area contributed by atoms with E-state index >= 15 is 0 Å². The maximum atomic E-state index is 13.0. The average Bonchev–Trinajstić information content (AvgIpc) is 2.86. The number of benzene rings is 3. The van der Waals surface area contributed by atoms with Crippen LogP contribution >= 0.6 is 11.6 Å². The van der Waals surface area contributed by atoms with Crippen LogP contribution in [0.2, 0.25) is 5.02 Å². The molecule has 0 spiro atoms. The lowest BCUT2D eigenvalue weighted by Gasteiger charge is -2.26. The summed E-state index contributed by atoms with van der Waals surface area (Å²) >= 11 is 6.21. The van der Waals surface area contributed by atoms with Gasteiger partial charge in [-0.05, 0) is 92.4 Å². The Bertz CT molecular complexity index is 1330. The Morgan fingerprint density at radius 2 is 1.58 bits per heavy atom. The second-order valence-corrected chi connectivity index (χ2v) is 11.4. The molecule has 190 valence electrons. The normalized spacial score (nSPS) is 14.4. The Hall–Kier alpha value is -2.87. The van der Waals surface area contributed by atoms with Crippen molar-refractivity contribution in [3.05, 3.63) is 93.5 Å². The molecule has 0 unspecified atom stereocenters. The zero-order chi connectivity index (χ0) is 25.7. The monoisotopic (exact) mass is 525 g/mol. The van der Waals surface area contributed by atoms with Crippen molar-refractivity contribution in [3.8, 4) is 0 Å². The second-order valence-electron chi connectivity index (χ2n) is 9.39. The van der Waals surface area contributed by atoms with Crippen molar-refractivity contribution in [1.29, 1.82) is 0 Å². The van der Waals surface area contributed by atoms with E-state index in [2.05, 4.69) is 27.1 Å². The predicted octanol–water partition coefficient (Wildman–Crippen LogP) is 5.67. The topological polar surface area (TPSA) is 78.5 Å². The molecule has 3 aromatic rings. The van der Waals surface area contributed by atoms with Crippen molar-refractivity contribution >= 4 is 33.2 Å². The lowest BCUT2D eigenvalue weighted by atomic mass is 10.1. The number of aryl methyl sites for hydroxylation is 2. The third-order valence-corrected chi connectivity index (χ3v) is 8.44. The van der Waals surface area contributed by atoms with Crippen molar-refractivity contribution in [2.24, 2.45) is 0 Å². The third kappa shape index (κ3) is 6.66. The Morgan fingerprint density at radius 3 is 2.28 bits per heavy atom. The molecule has 0 saturated carbocycles. The molecular formula is C28H32ClN3O3S. The molecule has 0 aromatic heterocycles. The molecule has 1 aliphatic heterocycles. The number of hydrogen-bond acceptors (Lipinski definition) is 4. The quantitative estimate of drug-likeness (QED) is 0.397. The zero-order valence-corrected chi connectivity index (χ0v) is 22.3. The number of amides is 1. The van der Waals surface area contributed by atoms with Crippen LogP contribution in [0.5, 0.6) is 0 Å². The van der Waals surface area contributed by atoms with E-state index in [9.17, 15) is 13.2 Å². The molecule has 0 atom stereocenters. The van der Waals surface area contributed by atoms with Gasteiger partial charge in [-0.15, -0.1) is 0 Å². The SMILES string of the molecule is Cc1ccc(NS(=O)(=O)c2cc(C(=O)NCc3ccc(CN4CCCCC4)cc3)ccc2Cl)cc1C. The molecule has 0 bridgehead atoms. The van der Waals surface area contributed by atoms with Crippen molar-refractivity contribution < 1.29 is 13.2 Å². The molecule has 1 fully saturated rings. The maximum Gasteiger partial charge on any atom is 0.263 e. The summed E-state index contributed by atoms with van der Waals surface area (Å²) in [6, 6.07) is 17.8. The van der Waals surface area contributed by atoms with E-state index in [1.165, 1.54) is 43.0 Å². The van der Waals surface area contributed by atoms with Gasteiger partial charge in [0.05, 0.1) is 5.02 Å². The van der Waals surface area contributed by atoms with Gasteiger partial charge in [0, 0.05) is 24.3 Å². The van der Waals surface area contributed by atoms with Crippen LogP contribution in [0.15, 0.2) is 65.6 Å².